The number of hydrogen-bond donors (Lipinski definition) is 0. The van der Waals surface area contributed by atoms with Gasteiger partial charge in [-0.2, -0.15) is 0 Å². The van der Waals surface area contributed by atoms with Crippen LogP contribution in [0.1, 0.15) is 11.1 Å². The van der Waals surface area contributed by atoms with Crippen LogP contribution >= 0.6 is 36.4 Å². The molecule has 0 amide bonds. The highest BCUT2D eigenvalue weighted by Gasteiger charge is 2.24. The molecule has 0 unspecified atom stereocenters. The third-order valence-corrected chi connectivity index (χ3v) is 5.06. The molecule has 0 bridgehead atoms. The van der Waals surface area contributed by atoms with E-state index in [1.54, 1.807) is 18.6 Å². The van der Waals surface area contributed by atoms with Crippen molar-refractivity contribution in [2.75, 3.05) is 11.4 Å². The third kappa shape index (κ3) is 3.86. The van der Waals surface area contributed by atoms with E-state index in [0.29, 0.717) is 11.5 Å². The minimum atomic E-state index is 0. The summed E-state index contributed by atoms with van der Waals surface area (Å²) in [6, 6.07) is 12.3. The van der Waals surface area contributed by atoms with Gasteiger partial charge in [0.25, 0.3) is 0 Å². The summed E-state index contributed by atoms with van der Waals surface area (Å²) >= 11 is 6.27. The van der Waals surface area contributed by atoms with Crippen molar-refractivity contribution in [1.82, 2.24) is 19.9 Å². The number of halogens is 3. The Bertz CT molecular complexity index is 1170. The van der Waals surface area contributed by atoms with Crippen molar-refractivity contribution in [2.24, 2.45) is 0 Å². The maximum atomic E-state index is 6.27. The summed E-state index contributed by atoms with van der Waals surface area (Å²) in [4.78, 5) is 20.4. The van der Waals surface area contributed by atoms with Gasteiger partial charge in [-0.25, -0.2) is 15.0 Å². The Hall–Kier alpha value is -2.47. The predicted molar refractivity (Wildman–Crippen MR) is 122 cm³/mol. The van der Waals surface area contributed by atoms with E-state index in [-0.39, 0.29) is 24.8 Å². The molecule has 8 heteroatoms. The molecule has 2 aromatic heterocycles. The highest BCUT2D eigenvalue weighted by Crippen LogP contribution is 2.39. The minimum absolute atomic E-state index is 0. The molecule has 148 valence electrons. The maximum absolute atomic E-state index is 6.27. The van der Waals surface area contributed by atoms with Crippen LogP contribution in [-0.2, 0) is 6.42 Å². The number of fused-ring (bicyclic) bond motifs is 2. The van der Waals surface area contributed by atoms with Crippen LogP contribution in [0.5, 0.6) is 0 Å². The van der Waals surface area contributed by atoms with Crippen molar-refractivity contribution < 1.29 is 0 Å². The van der Waals surface area contributed by atoms with Gasteiger partial charge in [0.05, 0.1) is 11.7 Å². The smallest absolute Gasteiger partial charge is 0.182 e. The fourth-order valence-corrected chi connectivity index (χ4v) is 3.70. The molecule has 5 rings (SSSR count). The highest BCUT2D eigenvalue weighted by atomic mass is 35.5. The van der Waals surface area contributed by atoms with E-state index >= 15 is 0 Å². The molecule has 0 radical (unpaired) electrons. The number of aryl methyl sites for hydroxylation is 1. The normalized spacial score (nSPS) is 12.3. The van der Waals surface area contributed by atoms with Crippen molar-refractivity contribution in [1.29, 1.82) is 0 Å². The first-order valence-electron chi connectivity index (χ1n) is 8.80. The number of anilines is 2. The van der Waals surface area contributed by atoms with Gasteiger partial charge >= 0.3 is 0 Å². The Morgan fingerprint density at radius 1 is 1.00 bits per heavy atom. The molecule has 0 spiro atoms. The molecule has 0 atom stereocenters. The number of aromatic nitrogens is 4. The molecule has 0 saturated carbocycles. The van der Waals surface area contributed by atoms with Crippen molar-refractivity contribution in [3.63, 3.8) is 0 Å². The molecule has 0 fully saturated rings. The van der Waals surface area contributed by atoms with Gasteiger partial charge in [-0.15, -0.1) is 24.8 Å². The summed E-state index contributed by atoms with van der Waals surface area (Å²) in [6.45, 7) is 2.93. The van der Waals surface area contributed by atoms with Gasteiger partial charge in [-0.1, -0.05) is 29.3 Å². The van der Waals surface area contributed by atoms with E-state index in [1.165, 1.54) is 11.1 Å². The summed E-state index contributed by atoms with van der Waals surface area (Å²) in [6.07, 6.45) is 5.95. The Kier molecular flexibility index (Phi) is 6.22. The van der Waals surface area contributed by atoms with Gasteiger partial charge < -0.3 is 4.90 Å². The van der Waals surface area contributed by atoms with E-state index in [0.717, 1.165) is 40.4 Å². The van der Waals surface area contributed by atoms with Crippen molar-refractivity contribution in [3.8, 4) is 11.5 Å². The lowest BCUT2D eigenvalue weighted by atomic mass is 10.1. The van der Waals surface area contributed by atoms with Gasteiger partial charge in [-0.3, -0.25) is 4.98 Å². The second-order valence-electron chi connectivity index (χ2n) is 6.66. The van der Waals surface area contributed by atoms with Crippen LogP contribution in [-0.4, -0.2) is 26.5 Å². The van der Waals surface area contributed by atoms with Crippen LogP contribution in [0, 0.1) is 6.92 Å². The van der Waals surface area contributed by atoms with E-state index in [4.69, 9.17) is 21.6 Å². The quantitative estimate of drug-likeness (QED) is 0.402. The van der Waals surface area contributed by atoms with Crippen LogP contribution in [0.3, 0.4) is 0 Å². The molecule has 1 aliphatic heterocycles. The van der Waals surface area contributed by atoms with Gasteiger partial charge in [0.15, 0.2) is 5.82 Å². The first-order valence-corrected chi connectivity index (χ1v) is 9.17. The number of hydrogen-bond acceptors (Lipinski definition) is 5. The molecule has 29 heavy (non-hydrogen) atoms. The first kappa shape index (κ1) is 21.2. The van der Waals surface area contributed by atoms with Gasteiger partial charge in [0, 0.05) is 35.0 Å². The van der Waals surface area contributed by atoms with Gasteiger partial charge in [0.1, 0.15) is 11.5 Å². The van der Waals surface area contributed by atoms with Gasteiger partial charge in [0.2, 0.25) is 0 Å². The van der Waals surface area contributed by atoms with Crippen LogP contribution in [0.4, 0.5) is 11.5 Å². The molecule has 0 aliphatic carbocycles. The van der Waals surface area contributed by atoms with E-state index < -0.39 is 0 Å². The summed E-state index contributed by atoms with van der Waals surface area (Å²) in [5.41, 5.74) is 5.10. The Balaban J connectivity index is 0.00000120. The average molecular weight is 447 g/mol. The molecular weight excluding hydrogens is 429 g/mol. The predicted octanol–water partition coefficient (Wildman–Crippen LogP) is 5.59. The van der Waals surface area contributed by atoms with Gasteiger partial charge in [-0.05, 0) is 43.2 Å². The Labute approximate surface area is 186 Å². The molecule has 2 aromatic carbocycles. The van der Waals surface area contributed by atoms with Crippen LogP contribution in [0.2, 0.25) is 5.02 Å². The summed E-state index contributed by atoms with van der Waals surface area (Å²) < 4.78 is 0. The van der Waals surface area contributed by atoms with Crippen molar-refractivity contribution in [3.05, 3.63) is 71.1 Å². The van der Waals surface area contributed by atoms with E-state index in [9.17, 15) is 0 Å². The summed E-state index contributed by atoms with van der Waals surface area (Å²) in [5.74, 6) is 1.45. The van der Waals surface area contributed by atoms with E-state index in [1.807, 2.05) is 18.2 Å². The SMILES string of the molecule is Cc1ccc2nc(-c3cnccn3)nc(N3CCc4ccc(Cl)cc43)c2c1.Cl.Cl. The lowest BCUT2D eigenvalue weighted by molar-refractivity contribution is 0.974. The third-order valence-electron chi connectivity index (χ3n) is 4.82. The topological polar surface area (TPSA) is 54.8 Å². The van der Waals surface area contributed by atoms with Crippen LogP contribution < -0.4 is 4.90 Å². The zero-order chi connectivity index (χ0) is 18.4. The van der Waals surface area contributed by atoms with Crippen molar-refractivity contribution >= 4 is 58.8 Å². The molecular formula is C21H18Cl3N5. The number of benzene rings is 2. The fourth-order valence-electron chi connectivity index (χ4n) is 3.53. The molecule has 5 nitrogen and oxygen atoms in total. The van der Waals surface area contributed by atoms with Crippen LogP contribution in [0.15, 0.2) is 55.0 Å². The summed E-state index contributed by atoms with van der Waals surface area (Å²) in [7, 11) is 0. The number of rotatable bonds is 2. The second kappa shape index (κ2) is 8.49. The zero-order valence-electron chi connectivity index (χ0n) is 15.5. The largest absolute Gasteiger partial charge is 0.325 e. The Morgan fingerprint density at radius 2 is 1.86 bits per heavy atom. The van der Waals surface area contributed by atoms with Crippen molar-refractivity contribution in [2.45, 2.75) is 13.3 Å². The van der Waals surface area contributed by atoms with E-state index in [2.05, 4.69) is 40.0 Å². The lowest BCUT2D eigenvalue weighted by Gasteiger charge is -2.21. The maximum Gasteiger partial charge on any atom is 0.182 e. The molecule has 4 aromatic rings. The first-order chi connectivity index (χ1) is 13.2. The average Bonchev–Trinajstić information content (AvgIpc) is 3.10. The second-order valence-corrected chi connectivity index (χ2v) is 7.09. The number of nitrogens with zero attached hydrogens (tertiary/aromatic N) is 5. The monoisotopic (exact) mass is 445 g/mol. The zero-order valence-corrected chi connectivity index (χ0v) is 17.9. The van der Waals surface area contributed by atoms with Crippen LogP contribution in [0.25, 0.3) is 22.4 Å². The standard InChI is InChI=1S/C21H16ClN5.2ClH/c1-13-2-5-17-16(10-13)21(26-20(25-17)18-12-23-7-8-24-18)27-9-6-14-3-4-15(22)11-19(14)27;;/h2-5,7-8,10-12H,6,9H2,1H3;2*1H. The Morgan fingerprint density at radius 3 is 2.66 bits per heavy atom. The fraction of sp³-hybridized carbons (Fsp3) is 0.143. The summed E-state index contributed by atoms with van der Waals surface area (Å²) in [5, 5.41) is 1.75. The molecule has 1 aliphatic rings. The lowest BCUT2D eigenvalue weighted by Crippen LogP contribution is -2.16. The molecule has 0 saturated heterocycles. The molecule has 3 heterocycles. The minimum Gasteiger partial charge on any atom is -0.325 e. The highest BCUT2D eigenvalue weighted by molar-refractivity contribution is 6.31. The molecule has 0 N–H and O–H groups in total.